The number of nitrogens with one attached hydrogen (secondary N) is 1. The first kappa shape index (κ1) is 17.7. The molecule has 28 heavy (non-hydrogen) atoms. The van der Waals surface area contributed by atoms with Crippen molar-refractivity contribution in [2.45, 2.75) is 6.42 Å². The molecule has 1 aromatic heterocycles. The van der Waals surface area contributed by atoms with Gasteiger partial charge in [0.2, 0.25) is 5.91 Å². The molecule has 0 atom stereocenters. The van der Waals surface area contributed by atoms with Crippen molar-refractivity contribution in [3.8, 4) is 17.2 Å². The minimum Gasteiger partial charge on any atom is -0.497 e. The van der Waals surface area contributed by atoms with Gasteiger partial charge >= 0.3 is 0 Å². The predicted molar refractivity (Wildman–Crippen MR) is 108 cm³/mol. The van der Waals surface area contributed by atoms with Crippen LogP contribution in [0.3, 0.4) is 0 Å². The third kappa shape index (κ3) is 3.99. The number of hydrogen-bond donors (Lipinski definition) is 1. The first-order valence-corrected chi connectivity index (χ1v) is 8.88. The van der Waals surface area contributed by atoms with E-state index in [-0.39, 0.29) is 12.3 Å². The quantitative estimate of drug-likeness (QED) is 0.491. The molecule has 1 amide bonds. The third-order valence-electron chi connectivity index (χ3n) is 4.33. The van der Waals surface area contributed by atoms with Gasteiger partial charge in [0.15, 0.2) is 0 Å². The Morgan fingerprint density at radius 3 is 2.39 bits per heavy atom. The number of carbonyl (C=O) groups excluding carboxylic acids is 1. The van der Waals surface area contributed by atoms with Crippen molar-refractivity contribution in [1.82, 2.24) is 0 Å². The molecule has 0 aliphatic heterocycles. The minimum absolute atomic E-state index is 0.116. The molecule has 4 rings (SSSR count). The molecular weight excluding hydrogens is 354 g/mol. The maximum Gasteiger partial charge on any atom is 0.228 e. The van der Waals surface area contributed by atoms with Gasteiger partial charge in [-0.1, -0.05) is 18.2 Å². The van der Waals surface area contributed by atoms with E-state index in [1.807, 2.05) is 72.8 Å². The molecule has 0 unspecified atom stereocenters. The highest BCUT2D eigenvalue weighted by atomic mass is 16.5. The zero-order valence-electron chi connectivity index (χ0n) is 15.3. The lowest BCUT2D eigenvalue weighted by Gasteiger charge is -2.08. The van der Waals surface area contributed by atoms with Crippen LogP contribution < -0.4 is 14.8 Å². The van der Waals surface area contributed by atoms with Crippen molar-refractivity contribution in [1.29, 1.82) is 0 Å². The average molecular weight is 373 g/mol. The highest BCUT2D eigenvalue weighted by Crippen LogP contribution is 2.26. The summed E-state index contributed by atoms with van der Waals surface area (Å²) < 4.78 is 16.5. The van der Waals surface area contributed by atoms with Crippen LogP contribution in [0.5, 0.6) is 17.2 Å². The second-order valence-corrected chi connectivity index (χ2v) is 6.29. The van der Waals surface area contributed by atoms with Crippen LogP contribution >= 0.6 is 0 Å². The van der Waals surface area contributed by atoms with E-state index < -0.39 is 0 Å². The second-order valence-electron chi connectivity index (χ2n) is 6.29. The molecule has 5 nitrogen and oxygen atoms in total. The van der Waals surface area contributed by atoms with E-state index in [4.69, 9.17) is 13.9 Å². The first-order valence-electron chi connectivity index (χ1n) is 8.88. The molecule has 0 aliphatic carbocycles. The molecular formula is C23H19NO4. The number of amides is 1. The van der Waals surface area contributed by atoms with E-state index in [9.17, 15) is 4.79 Å². The Morgan fingerprint density at radius 2 is 1.64 bits per heavy atom. The van der Waals surface area contributed by atoms with E-state index in [2.05, 4.69) is 5.32 Å². The maximum absolute atomic E-state index is 12.4. The lowest BCUT2D eigenvalue weighted by molar-refractivity contribution is -0.115. The van der Waals surface area contributed by atoms with E-state index in [0.717, 1.165) is 22.4 Å². The van der Waals surface area contributed by atoms with Gasteiger partial charge in [-0.3, -0.25) is 4.79 Å². The number of para-hydroxylation sites is 1. The summed E-state index contributed by atoms with van der Waals surface area (Å²) in [6.45, 7) is 0. The van der Waals surface area contributed by atoms with Crippen LogP contribution in [0.1, 0.15) is 5.56 Å². The number of hydrogen-bond acceptors (Lipinski definition) is 4. The van der Waals surface area contributed by atoms with Gasteiger partial charge in [0.25, 0.3) is 0 Å². The Balaban J connectivity index is 1.40. The van der Waals surface area contributed by atoms with Crippen molar-refractivity contribution in [3.63, 3.8) is 0 Å². The van der Waals surface area contributed by atoms with Gasteiger partial charge in [-0.25, -0.2) is 0 Å². The molecule has 0 fully saturated rings. The number of methoxy groups -OCH3 is 1. The monoisotopic (exact) mass is 373 g/mol. The van der Waals surface area contributed by atoms with E-state index >= 15 is 0 Å². The minimum atomic E-state index is -0.116. The van der Waals surface area contributed by atoms with Crippen molar-refractivity contribution < 1.29 is 18.7 Å². The largest absolute Gasteiger partial charge is 0.497 e. The zero-order valence-corrected chi connectivity index (χ0v) is 15.3. The molecule has 0 saturated heterocycles. The summed E-state index contributed by atoms with van der Waals surface area (Å²) in [4.78, 5) is 12.4. The van der Waals surface area contributed by atoms with Crippen LogP contribution in [-0.4, -0.2) is 13.0 Å². The molecule has 5 heteroatoms. The summed E-state index contributed by atoms with van der Waals surface area (Å²) >= 11 is 0. The molecule has 0 aliphatic rings. The molecule has 3 aromatic carbocycles. The highest BCUT2D eigenvalue weighted by molar-refractivity contribution is 5.95. The lowest BCUT2D eigenvalue weighted by Crippen LogP contribution is -2.14. The molecule has 4 aromatic rings. The van der Waals surface area contributed by atoms with Gasteiger partial charge in [0, 0.05) is 22.7 Å². The van der Waals surface area contributed by atoms with Gasteiger partial charge in [0.1, 0.15) is 22.8 Å². The number of benzene rings is 3. The topological polar surface area (TPSA) is 60.7 Å². The zero-order chi connectivity index (χ0) is 19.3. The summed E-state index contributed by atoms with van der Waals surface area (Å²) in [6, 6.07) is 22.4. The number of furan rings is 1. The van der Waals surface area contributed by atoms with Crippen LogP contribution in [0.2, 0.25) is 0 Å². The average Bonchev–Trinajstić information content (AvgIpc) is 3.12. The van der Waals surface area contributed by atoms with Crippen molar-refractivity contribution in [3.05, 3.63) is 84.6 Å². The molecule has 140 valence electrons. The normalized spacial score (nSPS) is 10.6. The van der Waals surface area contributed by atoms with Crippen LogP contribution in [-0.2, 0) is 11.2 Å². The lowest BCUT2D eigenvalue weighted by atomic mass is 10.1. The molecule has 0 spiro atoms. The van der Waals surface area contributed by atoms with Crippen LogP contribution in [0.4, 0.5) is 5.69 Å². The van der Waals surface area contributed by atoms with Gasteiger partial charge in [0.05, 0.1) is 19.8 Å². The fraction of sp³-hybridized carbons (Fsp3) is 0.0870. The standard InChI is InChI=1S/C23H19NO4/c1-26-20-11-12-21-16(15-27-22(21)14-20)13-23(25)24-17-7-9-19(10-8-17)28-18-5-3-2-4-6-18/h2-12,14-15H,13H2,1H3,(H,24,25). The highest BCUT2D eigenvalue weighted by Gasteiger charge is 2.11. The molecule has 0 saturated carbocycles. The number of rotatable bonds is 6. The van der Waals surface area contributed by atoms with Crippen molar-refractivity contribution in [2.24, 2.45) is 0 Å². The predicted octanol–water partition coefficient (Wildman–Crippen LogP) is 5.41. The third-order valence-corrected chi connectivity index (χ3v) is 4.33. The maximum atomic E-state index is 12.4. The first-order chi connectivity index (χ1) is 13.7. The Labute approximate surface area is 162 Å². The molecule has 0 radical (unpaired) electrons. The molecule has 0 bridgehead atoms. The summed E-state index contributed by atoms with van der Waals surface area (Å²) in [5.41, 5.74) is 2.24. The van der Waals surface area contributed by atoms with Crippen LogP contribution in [0.25, 0.3) is 11.0 Å². The van der Waals surface area contributed by atoms with Gasteiger partial charge < -0.3 is 19.2 Å². The Morgan fingerprint density at radius 1 is 0.929 bits per heavy atom. The second kappa shape index (κ2) is 7.88. The Kier molecular flexibility index (Phi) is 4.97. The van der Waals surface area contributed by atoms with Crippen molar-refractivity contribution >= 4 is 22.6 Å². The summed E-state index contributed by atoms with van der Waals surface area (Å²) in [5, 5.41) is 3.80. The van der Waals surface area contributed by atoms with Crippen LogP contribution in [0, 0.1) is 0 Å². The van der Waals surface area contributed by atoms with Gasteiger partial charge in [-0.2, -0.15) is 0 Å². The molecule has 1 N–H and O–H groups in total. The van der Waals surface area contributed by atoms with E-state index in [1.54, 1.807) is 13.4 Å². The Bertz CT molecular complexity index is 1080. The summed E-state index contributed by atoms with van der Waals surface area (Å²) in [5.74, 6) is 2.08. The van der Waals surface area contributed by atoms with Crippen molar-refractivity contribution in [2.75, 3.05) is 12.4 Å². The summed E-state index contributed by atoms with van der Waals surface area (Å²) in [6.07, 6.45) is 1.84. The Hall–Kier alpha value is -3.73. The van der Waals surface area contributed by atoms with E-state index in [0.29, 0.717) is 17.0 Å². The number of carbonyl (C=O) groups is 1. The van der Waals surface area contributed by atoms with Gasteiger partial charge in [-0.05, 0) is 48.5 Å². The number of ether oxygens (including phenoxy) is 2. The fourth-order valence-electron chi connectivity index (χ4n) is 2.94. The SMILES string of the molecule is COc1ccc2c(CC(=O)Nc3ccc(Oc4ccccc4)cc3)coc2c1. The summed E-state index contributed by atoms with van der Waals surface area (Å²) in [7, 11) is 1.61. The smallest absolute Gasteiger partial charge is 0.228 e. The van der Waals surface area contributed by atoms with Gasteiger partial charge in [-0.15, -0.1) is 0 Å². The molecule has 1 heterocycles. The number of fused-ring (bicyclic) bond motifs is 1. The van der Waals surface area contributed by atoms with E-state index in [1.165, 1.54) is 0 Å². The fourth-order valence-corrected chi connectivity index (χ4v) is 2.94. The number of anilines is 1. The van der Waals surface area contributed by atoms with Crippen LogP contribution in [0.15, 0.2) is 83.5 Å².